The number of hydrogen-bond donors (Lipinski definition) is 2. The summed E-state index contributed by atoms with van der Waals surface area (Å²) in [6.07, 6.45) is 1.41. The quantitative estimate of drug-likeness (QED) is 0.672. The number of amides is 4. The van der Waals surface area contributed by atoms with E-state index in [9.17, 15) is 14.4 Å². The number of ether oxygens (including phenoxy) is 1. The number of barbiturate groups is 1. The molecule has 2 N–H and O–H groups in total. The Labute approximate surface area is 131 Å². The van der Waals surface area contributed by atoms with Gasteiger partial charge in [0.2, 0.25) is 0 Å². The van der Waals surface area contributed by atoms with E-state index in [1.807, 2.05) is 41.0 Å². The summed E-state index contributed by atoms with van der Waals surface area (Å²) < 4.78 is 5.66. The molecule has 1 saturated heterocycles. The first-order valence-electron chi connectivity index (χ1n) is 6.83. The van der Waals surface area contributed by atoms with Crippen molar-refractivity contribution in [1.29, 1.82) is 0 Å². The average molecular weight is 308 g/mol. The molecule has 1 aliphatic heterocycles. The number of benzene rings is 2. The molecule has 6 nitrogen and oxygen atoms in total. The van der Waals surface area contributed by atoms with Crippen LogP contribution in [0.2, 0.25) is 0 Å². The van der Waals surface area contributed by atoms with Gasteiger partial charge in [-0.2, -0.15) is 0 Å². The first kappa shape index (κ1) is 14.5. The predicted octanol–water partition coefficient (Wildman–Crippen LogP) is 2.23. The monoisotopic (exact) mass is 308 g/mol. The minimum Gasteiger partial charge on any atom is -0.457 e. The lowest BCUT2D eigenvalue weighted by molar-refractivity contribution is -0.123. The molecular formula is C17H12N2O4. The maximum Gasteiger partial charge on any atom is 0.328 e. The number of para-hydroxylation sites is 1. The molecule has 4 amide bonds. The van der Waals surface area contributed by atoms with Gasteiger partial charge in [0.25, 0.3) is 11.8 Å². The molecule has 0 atom stereocenters. The molecule has 1 heterocycles. The van der Waals surface area contributed by atoms with E-state index in [-0.39, 0.29) is 5.57 Å². The maximum atomic E-state index is 11.6. The van der Waals surface area contributed by atoms with Crippen LogP contribution in [0.4, 0.5) is 4.79 Å². The van der Waals surface area contributed by atoms with Crippen molar-refractivity contribution in [3.63, 3.8) is 0 Å². The molecule has 0 saturated carbocycles. The average Bonchev–Trinajstić information content (AvgIpc) is 2.53. The van der Waals surface area contributed by atoms with Crippen LogP contribution < -0.4 is 15.4 Å². The van der Waals surface area contributed by atoms with Crippen LogP contribution in [0.5, 0.6) is 11.5 Å². The minimum atomic E-state index is -0.816. The number of rotatable bonds is 3. The van der Waals surface area contributed by atoms with Crippen LogP contribution in [0, 0.1) is 0 Å². The first-order valence-corrected chi connectivity index (χ1v) is 6.83. The number of carbonyl (C=O) groups excluding carboxylic acids is 3. The summed E-state index contributed by atoms with van der Waals surface area (Å²) in [6, 6.07) is 15.4. The van der Waals surface area contributed by atoms with E-state index in [4.69, 9.17) is 4.74 Å². The van der Waals surface area contributed by atoms with Crippen molar-refractivity contribution in [2.24, 2.45) is 0 Å². The van der Waals surface area contributed by atoms with Crippen LogP contribution in [0.15, 0.2) is 60.2 Å². The van der Waals surface area contributed by atoms with Crippen LogP contribution in [0.1, 0.15) is 5.56 Å². The van der Waals surface area contributed by atoms with Gasteiger partial charge in [0.15, 0.2) is 0 Å². The van der Waals surface area contributed by atoms with E-state index < -0.39 is 17.8 Å². The highest BCUT2D eigenvalue weighted by molar-refractivity contribution is 6.31. The molecule has 6 heteroatoms. The third kappa shape index (κ3) is 3.44. The third-order valence-electron chi connectivity index (χ3n) is 3.11. The Morgan fingerprint density at radius 3 is 1.91 bits per heavy atom. The lowest BCUT2D eigenvalue weighted by Gasteiger charge is -2.13. The van der Waals surface area contributed by atoms with Crippen LogP contribution >= 0.6 is 0 Å². The number of urea groups is 1. The minimum absolute atomic E-state index is 0.124. The van der Waals surface area contributed by atoms with Crippen molar-refractivity contribution in [3.8, 4) is 11.5 Å². The van der Waals surface area contributed by atoms with Gasteiger partial charge in [-0.05, 0) is 35.9 Å². The van der Waals surface area contributed by atoms with Crippen molar-refractivity contribution < 1.29 is 19.1 Å². The number of nitrogens with one attached hydrogen (secondary N) is 2. The maximum absolute atomic E-state index is 11.6. The van der Waals surface area contributed by atoms with E-state index in [2.05, 4.69) is 0 Å². The second kappa shape index (κ2) is 6.15. The Morgan fingerprint density at radius 2 is 1.30 bits per heavy atom. The fraction of sp³-hybridized carbons (Fsp3) is 0. The van der Waals surface area contributed by atoms with E-state index in [0.717, 1.165) is 0 Å². The number of carbonyl (C=O) groups is 3. The third-order valence-corrected chi connectivity index (χ3v) is 3.11. The van der Waals surface area contributed by atoms with Gasteiger partial charge < -0.3 is 4.74 Å². The van der Waals surface area contributed by atoms with Crippen molar-refractivity contribution in [2.75, 3.05) is 0 Å². The number of imide groups is 2. The molecule has 0 radical (unpaired) electrons. The molecule has 0 aliphatic carbocycles. The Bertz CT molecular complexity index is 773. The van der Waals surface area contributed by atoms with Crippen LogP contribution in [-0.2, 0) is 9.59 Å². The van der Waals surface area contributed by atoms with Gasteiger partial charge in [-0.25, -0.2) is 4.79 Å². The summed E-state index contributed by atoms with van der Waals surface area (Å²) in [5.74, 6) is -0.0963. The molecule has 1 fully saturated rings. The van der Waals surface area contributed by atoms with Crippen molar-refractivity contribution in [3.05, 3.63) is 65.7 Å². The molecule has 114 valence electrons. The Balaban J connectivity index is 1.77. The van der Waals surface area contributed by atoms with E-state index >= 15 is 0 Å². The van der Waals surface area contributed by atoms with Crippen molar-refractivity contribution in [2.45, 2.75) is 0 Å². The zero-order valence-corrected chi connectivity index (χ0v) is 11.9. The highest BCUT2D eigenvalue weighted by Crippen LogP contribution is 2.22. The van der Waals surface area contributed by atoms with E-state index in [1.165, 1.54) is 6.08 Å². The summed E-state index contributed by atoms with van der Waals surface area (Å²) >= 11 is 0. The van der Waals surface area contributed by atoms with Gasteiger partial charge in [0, 0.05) is 0 Å². The lowest BCUT2D eigenvalue weighted by atomic mass is 10.1. The lowest BCUT2D eigenvalue weighted by Crippen LogP contribution is -2.51. The standard InChI is InChI=1S/C17H12N2O4/c20-15-14(16(21)19-17(22)18-15)10-11-6-8-13(9-7-11)23-12-4-2-1-3-5-12/h1-10H,(H2,18,19,20,21,22). The van der Waals surface area contributed by atoms with Crippen molar-refractivity contribution >= 4 is 23.9 Å². The Hall–Kier alpha value is -3.41. The Kier molecular flexibility index (Phi) is 3.88. The molecule has 1 aliphatic rings. The zero-order valence-electron chi connectivity index (χ0n) is 11.9. The molecule has 0 bridgehead atoms. The summed E-state index contributed by atoms with van der Waals surface area (Å²) in [6.45, 7) is 0. The molecule has 2 aromatic rings. The van der Waals surface area contributed by atoms with Gasteiger partial charge >= 0.3 is 6.03 Å². The molecule has 0 spiro atoms. The second-order valence-electron chi connectivity index (χ2n) is 4.78. The largest absolute Gasteiger partial charge is 0.457 e. The summed E-state index contributed by atoms with van der Waals surface area (Å²) in [4.78, 5) is 34.3. The highest BCUT2D eigenvalue weighted by atomic mass is 16.5. The Morgan fingerprint density at radius 1 is 0.739 bits per heavy atom. The molecule has 0 unspecified atom stereocenters. The first-order chi connectivity index (χ1) is 11.1. The smallest absolute Gasteiger partial charge is 0.328 e. The highest BCUT2D eigenvalue weighted by Gasteiger charge is 2.27. The van der Waals surface area contributed by atoms with Crippen LogP contribution in [-0.4, -0.2) is 17.8 Å². The van der Waals surface area contributed by atoms with Gasteiger partial charge in [0.1, 0.15) is 17.1 Å². The molecule has 3 rings (SSSR count). The number of hydrogen-bond acceptors (Lipinski definition) is 4. The van der Waals surface area contributed by atoms with E-state index in [0.29, 0.717) is 17.1 Å². The fourth-order valence-corrected chi connectivity index (χ4v) is 2.03. The summed E-state index contributed by atoms with van der Waals surface area (Å²) in [7, 11) is 0. The summed E-state index contributed by atoms with van der Waals surface area (Å²) in [5.41, 5.74) is 0.515. The molecule has 2 aromatic carbocycles. The SMILES string of the molecule is O=C1NC(=O)C(=Cc2ccc(Oc3ccccc3)cc2)C(=O)N1. The molecule has 0 aromatic heterocycles. The fourth-order valence-electron chi connectivity index (χ4n) is 2.03. The zero-order chi connectivity index (χ0) is 16.2. The van der Waals surface area contributed by atoms with Gasteiger partial charge in [-0.1, -0.05) is 30.3 Å². The van der Waals surface area contributed by atoms with Gasteiger partial charge in [-0.3, -0.25) is 20.2 Å². The van der Waals surface area contributed by atoms with Crippen molar-refractivity contribution in [1.82, 2.24) is 10.6 Å². The summed E-state index contributed by atoms with van der Waals surface area (Å²) in [5, 5.41) is 4.04. The molecule has 23 heavy (non-hydrogen) atoms. The second-order valence-corrected chi connectivity index (χ2v) is 4.78. The normalized spacial score (nSPS) is 14.1. The molecular weight excluding hydrogens is 296 g/mol. The topological polar surface area (TPSA) is 84.5 Å². The van der Waals surface area contributed by atoms with E-state index in [1.54, 1.807) is 24.3 Å². The van der Waals surface area contributed by atoms with Gasteiger partial charge in [-0.15, -0.1) is 0 Å². The predicted molar refractivity (Wildman–Crippen MR) is 82.6 cm³/mol. The van der Waals surface area contributed by atoms with Crippen LogP contribution in [0.3, 0.4) is 0 Å². The van der Waals surface area contributed by atoms with Gasteiger partial charge in [0.05, 0.1) is 0 Å². The van der Waals surface area contributed by atoms with Crippen LogP contribution in [0.25, 0.3) is 6.08 Å².